The number of esters is 1. The molecule has 2 aliphatic rings. The van der Waals surface area contributed by atoms with E-state index in [1.807, 2.05) is 6.07 Å². The molecule has 17 heavy (non-hydrogen) atoms. The van der Waals surface area contributed by atoms with Gasteiger partial charge in [-0.3, -0.25) is 0 Å². The molecule has 5 nitrogen and oxygen atoms in total. The monoisotopic (exact) mass is 237 g/mol. The molecular weight excluding hydrogens is 222 g/mol. The van der Waals surface area contributed by atoms with E-state index in [4.69, 9.17) is 14.7 Å². The van der Waals surface area contributed by atoms with E-state index < -0.39 is 5.97 Å². The Morgan fingerprint density at radius 1 is 1.53 bits per heavy atom. The quantitative estimate of drug-likeness (QED) is 0.386. The molecule has 5 heteroatoms. The van der Waals surface area contributed by atoms with Gasteiger partial charge in [-0.1, -0.05) is 0 Å². The number of hydrogen-bond donors (Lipinski definition) is 0. The molecule has 2 rings (SSSR count). The number of nitrogens with zero attached hydrogens (tertiary/aromatic N) is 1. The van der Waals surface area contributed by atoms with Crippen LogP contribution >= 0.6 is 0 Å². The summed E-state index contributed by atoms with van der Waals surface area (Å²) in [5.41, 5.74) is 0.627. The van der Waals surface area contributed by atoms with Crippen molar-refractivity contribution in [2.45, 2.75) is 24.9 Å². The molecular formula is C12H15NO4. The lowest BCUT2D eigenvalue weighted by molar-refractivity contribution is -0.135. The maximum atomic E-state index is 11.5. The smallest absolute Gasteiger partial charge is 0.348 e. The number of methoxy groups -OCH3 is 1. The van der Waals surface area contributed by atoms with Crippen molar-refractivity contribution in [2.75, 3.05) is 26.9 Å². The summed E-state index contributed by atoms with van der Waals surface area (Å²) in [6.07, 6.45) is 2.01. The van der Waals surface area contributed by atoms with Crippen molar-refractivity contribution in [1.82, 2.24) is 0 Å². The third kappa shape index (κ3) is 2.33. The van der Waals surface area contributed by atoms with Crippen LogP contribution in [0, 0.1) is 11.3 Å². The Kier molecular flexibility index (Phi) is 3.46. The Labute approximate surface area is 99.9 Å². The summed E-state index contributed by atoms with van der Waals surface area (Å²) in [6.45, 7) is 1.74. The molecule has 1 spiro atoms. The molecule has 1 unspecified atom stereocenters. The first kappa shape index (κ1) is 12.1. The maximum Gasteiger partial charge on any atom is 0.348 e. The molecule has 0 aromatic carbocycles. The lowest BCUT2D eigenvalue weighted by Gasteiger charge is -2.33. The highest BCUT2D eigenvalue weighted by atomic mass is 16.6. The van der Waals surface area contributed by atoms with Gasteiger partial charge in [0.25, 0.3) is 0 Å². The number of ether oxygens (including phenoxy) is 3. The van der Waals surface area contributed by atoms with Crippen molar-refractivity contribution in [1.29, 1.82) is 5.26 Å². The van der Waals surface area contributed by atoms with Crippen LogP contribution in [0.3, 0.4) is 0 Å². The van der Waals surface area contributed by atoms with Crippen LogP contribution in [0.25, 0.3) is 0 Å². The zero-order valence-electron chi connectivity index (χ0n) is 9.82. The van der Waals surface area contributed by atoms with Gasteiger partial charge < -0.3 is 14.2 Å². The van der Waals surface area contributed by atoms with Gasteiger partial charge in [0.05, 0.1) is 25.9 Å². The van der Waals surface area contributed by atoms with Gasteiger partial charge in [0.2, 0.25) is 0 Å². The number of hydrogen-bond acceptors (Lipinski definition) is 5. The molecule has 1 atom stereocenters. The Morgan fingerprint density at radius 3 is 2.94 bits per heavy atom. The van der Waals surface area contributed by atoms with Crippen molar-refractivity contribution < 1.29 is 19.0 Å². The summed E-state index contributed by atoms with van der Waals surface area (Å²) in [4.78, 5) is 11.5. The molecule has 0 aliphatic carbocycles. The van der Waals surface area contributed by atoms with Crippen LogP contribution in [-0.4, -0.2) is 38.5 Å². The summed E-state index contributed by atoms with van der Waals surface area (Å²) in [6, 6.07) is 1.94. The molecule has 0 radical (unpaired) electrons. The van der Waals surface area contributed by atoms with Crippen molar-refractivity contribution in [2.24, 2.45) is 0 Å². The van der Waals surface area contributed by atoms with E-state index in [0.717, 1.165) is 12.0 Å². The molecule has 2 saturated heterocycles. The largest absolute Gasteiger partial charge is 0.465 e. The normalized spacial score (nSPS) is 31.1. The highest BCUT2D eigenvalue weighted by molar-refractivity contribution is 5.93. The van der Waals surface area contributed by atoms with Gasteiger partial charge in [0.15, 0.2) is 0 Å². The van der Waals surface area contributed by atoms with Gasteiger partial charge in [0.1, 0.15) is 11.6 Å². The average molecular weight is 237 g/mol. The Bertz CT molecular complexity index is 388. The van der Waals surface area contributed by atoms with E-state index >= 15 is 0 Å². The molecule has 2 heterocycles. The summed E-state index contributed by atoms with van der Waals surface area (Å²) in [7, 11) is 1.29. The van der Waals surface area contributed by atoms with Crippen molar-refractivity contribution in [3.63, 3.8) is 0 Å². The Morgan fingerprint density at radius 2 is 2.35 bits per heavy atom. The van der Waals surface area contributed by atoms with E-state index in [2.05, 4.69) is 4.74 Å². The fraction of sp³-hybridized carbons (Fsp3) is 0.667. The highest BCUT2D eigenvalue weighted by Crippen LogP contribution is 2.36. The molecule has 0 saturated carbocycles. The topological polar surface area (TPSA) is 68.6 Å². The minimum atomic E-state index is -0.557. The second kappa shape index (κ2) is 4.86. The highest BCUT2D eigenvalue weighted by Gasteiger charge is 2.40. The van der Waals surface area contributed by atoms with Gasteiger partial charge in [-0.2, -0.15) is 5.26 Å². The zero-order valence-corrected chi connectivity index (χ0v) is 9.82. The molecule has 0 amide bonds. The summed E-state index contributed by atoms with van der Waals surface area (Å²) < 4.78 is 15.7. The Balaban J connectivity index is 2.23. The van der Waals surface area contributed by atoms with Crippen molar-refractivity contribution in [3.05, 3.63) is 11.1 Å². The van der Waals surface area contributed by atoms with Gasteiger partial charge >= 0.3 is 5.97 Å². The zero-order chi connectivity index (χ0) is 12.3. The van der Waals surface area contributed by atoms with Crippen LogP contribution in [0.15, 0.2) is 11.1 Å². The molecule has 0 N–H and O–H groups in total. The molecule has 92 valence electrons. The molecule has 0 aromatic heterocycles. The molecule has 0 bridgehead atoms. The third-order valence-electron chi connectivity index (χ3n) is 3.27. The fourth-order valence-corrected chi connectivity index (χ4v) is 2.35. The summed E-state index contributed by atoms with van der Waals surface area (Å²) in [5, 5.41) is 9.03. The first-order valence-corrected chi connectivity index (χ1v) is 5.63. The van der Waals surface area contributed by atoms with Crippen LogP contribution in [0.5, 0.6) is 0 Å². The van der Waals surface area contributed by atoms with Crippen LogP contribution in [0.1, 0.15) is 19.3 Å². The van der Waals surface area contributed by atoms with E-state index in [1.165, 1.54) is 7.11 Å². The predicted molar refractivity (Wildman–Crippen MR) is 58.0 cm³/mol. The van der Waals surface area contributed by atoms with Gasteiger partial charge in [-0.25, -0.2) is 4.79 Å². The number of carbonyl (C=O) groups excluding carboxylic acids is 1. The number of carbonyl (C=O) groups is 1. The third-order valence-corrected chi connectivity index (χ3v) is 3.27. The first-order chi connectivity index (χ1) is 8.21. The maximum absolute atomic E-state index is 11.5. The first-order valence-electron chi connectivity index (χ1n) is 5.63. The fourth-order valence-electron chi connectivity index (χ4n) is 2.35. The van der Waals surface area contributed by atoms with Crippen LogP contribution in [0.4, 0.5) is 0 Å². The van der Waals surface area contributed by atoms with Crippen LogP contribution in [0.2, 0.25) is 0 Å². The second-order valence-corrected chi connectivity index (χ2v) is 4.34. The van der Waals surface area contributed by atoms with E-state index in [1.54, 1.807) is 0 Å². The molecule has 2 fully saturated rings. The second-order valence-electron chi connectivity index (χ2n) is 4.34. The van der Waals surface area contributed by atoms with Crippen LogP contribution < -0.4 is 0 Å². The van der Waals surface area contributed by atoms with E-state index in [9.17, 15) is 4.79 Å². The van der Waals surface area contributed by atoms with Gasteiger partial charge in [0, 0.05) is 19.4 Å². The minimum absolute atomic E-state index is 0.127. The summed E-state index contributed by atoms with van der Waals surface area (Å²) >= 11 is 0. The van der Waals surface area contributed by atoms with Crippen molar-refractivity contribution in [3.8, 4) is 6.07 Å². The number of nitriles is 1. The summed E-state index contributed by atoms with van der Waals surface area (Å²) in [5.74, 6) is -0.557. The van der Waals surface area contributed by atoms with E-state index in [-0.39, 0.29) is 11.2 Å². The van der Waals surface area contributed by atoms with Crippen LogP contribution in [-0.2, 0) is 19.0 Å². The molecule has 0 aromatic rings. The predicted octanol–water partition coefficient (Wildman–Crippen LogP) is 0.949. The average Bonchev–Trinajstić information content (AvgIpc) is 2.78. The SMILES string of the molecule is COC(=O)C(C#N)=C1CCOC2(CCOC2)C1. The number of rotatable bonds is 1. The van der Waals surface area contributed by atoms with E-state index in [0.29, 0.717) is 32.7 Å². The standard InChI is InChI=1S/C12H15NO4/c1-15-11(14)10(7-13)9-2-4-17-12(6-9)3-5-16-8-12/h2-6,8H2,1H3. The minimum Gasteiger partial charge on any atom is -0.465 e. The Hall–Kier alpha value is -1.38. The van der Waals surface area contributed by atoms with Gasteiger partial charge in [-0.05, 0) is 12.0 Å². The van der Waals surface area contributed by atoms with Crippen molar-refractivity contribution >= 4 is 5.97 Å². The lowest BCUT2D eigenvalue weighted by Crippen LogP contribution is -2.38. The lowest BCUT2D eigenvalue weighted by atomic mass is 9.87. The molecule has 2 aliphatic heterocycles. The van der Waals surface area contributed by atoms with Gasteiger partial charge in [-0.15, -0.1) is 0 Å².